The summed E-state index contributed by atoms with van der Waals surface area (Å²) in [5.74, 6) is 1.39. The average molecular weight is 382 g/mol. The second kappa shape index (κ2) is 6.59. The zero-order valence-electron chi connectivity index (χ0n) is 15.0. The summed E-state index contributed by atoms with van der Waals surface area (Å²) >= 11 is 0. The van der Waals surface area contributed by atoms with Crippen molar-refractivity contribution in [2.75, 3.05) is 25.2 Å². The Balaban J connectivity index is 1.29. The Morgan fingerprint density at radius 1 is 1.21 bits per heavy atom. The predicted molar refractivity (Wildman–Crippen MR) is 98.1 cm³/mol. The third kappa shape index (κ3) is 2.94. The molecule has 3 aromatic rings. The molecule has 2 aliphatic rings. The Morgan fingerprint density at radius 3 is 3.04 bits per heavy atom. The van der Waals surface area contributed by atoms with E-state index in [1.807, 2.05) is 23.1 Å². The highest BCUT2D eigenvalue weighted by Gasteiger charge is 2.26. The molecule has 0 aliphatic carbocycles. The van der Waals surface area contributed by atoms with Gasteiger partial charge in [-0.3, -0.25) is 9.42 Å². The van der Waals surface area contributed by atoms with E-state index in [0.29, 0.717) is 34.6 Å². The van der Waals surface area contributed by atoms with Crippen LogP contribution in [-0.4, -0.2) is 41.9 Å². The van der Waals surface area contributed by atoms with E-state index in [0.717, 1.165) is 30.0 Å². The summed E-state index contributed by atoms with van der Waals surface area (Å²) in [5, 5.41) is 18.6. The Hall–Kier alpha value is -3.49. The molecular formula is C19H18N4O5. The van der Waals surface area contributed by atoms with E-state index in [1.165, 1.54) is 0 Å². The molecule has 0 spiro atoms. The van der Waals surface area contributed by atoms with Crippen molar-refractivity contribution in [2.24, 2.45) is 0 Å². The number of benzene rings is 2. The van der Waals surface area contributed by atoms with Crippen LogP contribution in [0.1, 0.15) is 23.2 Å². The number of nitrogens with zero attached hydrogens (tertiary/aromatic N) is 3. The van der Waals surface area contributed by atoms with Gasteiger partial charge in [0.25, 0.3) is 5.91 Å². The lowest BCUT2D eigenvalue weighted by molar-refractivity contribution is -0.782. The number of hydrogen-bond acceptors (Lipinski definition) is 7. The fourth-order valence-corrected chi connectivity index (χ4v) is 3.69. The van der Waals surface area contributed by atoms with Crippen LogP contribution >= 0.6 is 0 Å². The summed E-state index contributed by atoms with van der Waals surface area (Å²) in [5.41, 5.74) is 2.10. The summed E-state index contributed by atoms with van der Waals surface area (Å²) in [6, 6.07) is 10.7. The van der Waals surface area contributed by atoms with Gasteiger partial charge in [-0.15, -0.1) is 0 Å². The highest BCUT2D eigenvalue weighted by atomic mass is 16.8. The minimum atomic E-state index is -0.0838. The molecule has 1 amide bonds. The van der Waals surface area contributed by atoms with Crippen LogP contribution in [0.25, 0.3) is 11.0 Å². The molecular weight excluding hydrogens is 364 g/mol. The van der Waals surface area contributed by atoms with Crippen molar-refractivity contribution in [3.63, 3.8) is 0 Å². The maximum Gasteiger partial charge on any atom is 0.254 e. The van der Waals surface area contributed by atoms with Gasteiger partial charge in [0.2, 0.25) is 17.8 Å². The number of piperidine rings is 1. The first-order valence-corrected chi connectivity index (χ1v) is 9.12. The van der Waals surface area contributed by atoms with E-state index in [4.69, 9.17) is 9.47 Å². The van der Waals surface area contributed by atoms with Gasteiger partial charge in [-0.2, -0.15) is 0 Å². The van der Waals surface area contributed by atoms with Crippen LogP contribution in [0.15, 0.2) is 41.0 Å². The van der Waals surface area contributed by atoms with Gasteiger partial charge < -0.3 is 24.9 Å². The van der Waals surface area contributed by atoms with Gasteiger partial charge in [0, 0.05) is 47.7 Å². The molecule has 0 radical (unpaired) electrons. The minimum absolute atomic E-state index is 0.0838. The van der Waals surface area contributed by atoms with Gasteiger partial charge in [0.05, 0.1) is 0 Å². The number of nitrogens with one attached hydrogen (secondary N) is 1. The Bertz CT molecular complexity index is 1050. The van der Waals surface area contributed by atoms with Crippen LogP contribution in [0.5, 0.6) is 11.5 Å². The molecule has 1 saturated heterocycles. The number of rotatable bonds is 3. The van der Waals surface area contributed by atoms with Crippen LogP contribution in [0.2, 0.25) is 0 Å². The molecule has 1 aromatic heterocycles. The first-order valence-electron chi connectivity index (χ1n) is 9.12. The Morgan fingerprint density at radius 2 is 2.11 bits per heavy atom. The molecule has 5 rings (SSSR count). The monoisotopic (exact) mass is 382 g/mol. The Kier molecular flexibility index (Phi) is 3.92. The normalized spacial score (nSPS) is 18.4. The number of fused-ring (bicyclic) bond motifs is 2. The molecule has 9 heteroatoms. The van der Waals surface area contributed by atoms with Crippen LogP contribution in [0.3, 0.4) is 0 Å². The second-order valence-electron chi connectivity index (χ2n) is 6.94. The molecule has 144 valence electrons. The highest BCUT2D eigenvalue weighted by molar-refractivity contribution is 5.97. The molecule has 2 aliphatic heterocycles. The van der Waals surface area contributed by atoms with E-state index in [9.17, 15) is 10.0 Å². The molecule has 0 bridgehead atoms. The van der Waals surface area contributed by atoms with Gasteiger partial charge >= 0.3 is 0 Å². The summed E-state index contributed by atoms with van der Waals surface area (Å²) in [6.45, 7) is 1.52. The molecule has 1 N–H and O–H groups in total. The first-order chi connectivity index (χ1) is 13.7. The fourth-order valence-electron chi connectivity index (χ4n) is 3.69. The van der Waals surface area contributed by atoms with Crippen LogP contribution in [0.4, 0.5) is 5.69 Å². The van der Waals surface area contributed by atoms with Crippen LogP contribution < -0.4 is 19.7 Å². The largest absolute Gasteiger partial charge is 0.454 e. The maximum atomic E-state index is 12.9. The van der Waals surface area contributed by atoms with E-state index >= 15 is 0 Å². The van der Waals surface area contributed by atoms with Crippen molar-refractivity contribution in [1.29, 1.82) is 0 Å². The quantitative estimate of drug-likeness (QED) is 0.690. The molecule has 0 saturated carbocycles. The molecule has 1 unspecified atom stereocenters. The summed E-state index contributed by atoms with van der Waals surface area (Å²) in [6.07, 6.45) is 1.87. The van der Waals surface area contributed by atoms with Gasteiger partial charge in [0.15, 0.2) is 11.5 Å². The highest BCUT2D eigenvalue weighted by Crippen LogP contribution is 2.34. The third-order valence-electron chi connectivity index (χ3n) is 5.08. The van der Waals surface area contributed by atoms with Crippen molar-refractivity contribution in [1.82, 2.24) is 10.1 Å². The van der Waals surface area contributed by atoms with E-state index < -0.39 is 0 Å². The van der Waals surface area contributed by atoms with E-state index in [-0.39, 0.29) is 18.7 Å². The third-order valence-corrected chi connectivity index (χ3v) is 5.08. The summed E-state index contributed by atoms with van der Waals surface area (Å²) < 4.78 is 15.3. The van der Waals surface area contributed by atoms with Crippen molar-refractivity contribution in [2.45, 2.75) is 18.9 Å². The summed E-state index contributed by atoms with van der Waals surface area (Å²) in [7, 11) is 0. The SMILES string of the molecule is O=C(c1ccc2c(c1)no[n+]2[O-])N1CCCC(Nc2ccc3c(c2)OCO3)C1. The van der Waals surface area contributed by atoms with Gasteiger partial charge in [-0.25, -0.2) is 0 Å². The van der Waals surface area contributed by atoms with Crippen molar-refractivity contribution >= 4 is 22.6 Å². The number of likely N-dealkylation sites (tertiary alicyclic amines) is 1. The number of ether oxygens (including phenoxy) is 2. The number of carbonyl (C=O) groups is 1. The number of anilines is 1. The zero-order valence-corrected chi connectivity index (χ0v) is 15.0. The Labute approximate surface area is 160 Å². The average Bonchev–Trinajstić information content (AvgIpc) is 3.33. The molecule has 2 aromatic carbocycles. The molecule has 28 heavy (non-hydrogen) atoms. The maximum absolute atomic E-state index is 12.9. The lowest BCUT2D eigenvalue weighted by Crippen LogP contribution is -2.45. The summed E-state index contributed by atoms with van der Waals surface area (Å²) in [4.78, 5) is 15.1. The first kappa shape index (κ1) is 16.7. The smallest absolute Gasteiger partial charge is 0.254 e. The van der Waals surface area contributed by atoms with Gasteiger partial charge in [-0.05, 0) is 42.0 Å². The number of hydrogen-bond donors (Lipinski definition) is 1. The minimum Gasteiger partial charge on any atom is -0.454 e. The van der Waals surface area contributed by atoms with E-state index in [1.54, 1.807) is 18.2 Å². The standard InChI is InChI=1S/C19H18N4O5/c24-19(12-3-5-16-15(8-12)21-28-23(16)25)22-7-1-2-14(10-22)20-13-4-6-17-18(9-13)27-11-26-17/h3-6,8-9,14,20H,1-2,7,10-11H2. The molecule has 1 atom stereocenters. The van der Waals surface area contributed by atoms with Crippen molar-refractivity contribution in [3.05, 3.63) is 47.2 Å². The van der Waals surface area contributed by atoms with Gasteiger partial charge in [0.1, 0.15) is 0 Å². The zero-order chi connectivity index (χ0) is 19.1. The lowest BCUT2D eigenvalue weighted by atomic mass is 10.0. The molecule has 3 heterocycles. The predicted octanol–water partition coefficient (Wildman–Crippen LogP) is 1.91. The van der Waals surface area contributed by atoms with Crippen molar-refractivity contribution in [3.8, 4) is 11.5 Å². The fraction of sp³-hybridized carbons (Fsp3) is 0.316. The second-order valence-corrected chi connectivity index (χ2v) is 6.94. The number of amides is 1. The molecule has 9 nitrogen and oxygen atoms in total. The van der Waals surface area contributed by atoms with Crippen LogP contribution in [0, 0.1) is 5.21 Å². The van der Waals surface area contributed by atoms with Crippen LogP contribution in [-0.2, 0) is 0 Å². The number of aromatic nitrogens is 2. The van der Waals surface area contributed by atoms with Crippen molar-refractivity contribution < 1.29 is 23.8 Å². The van der Waals surface area contributed by atoms with E-state index in [2.05, 4.69) is 15.1 Å². The number of carbonyl (C=O) groups excluding carboxylic acids is 1. The lowest BCUT2D eigenvalue weighted by Gasteiger charge is -2.33. The topological polar surface area (TPSA) is 104 Å². The van der Waals surface area contributed by atoms with Gasteiger partial charge in [-0.1, -0.05) is 0 Å². The molecule has 1 fully saturated rings.